The summed E-state index contributed by atoms with van der Waals surface area (Å²) in [6.07, 6.45) is 7.96. The molecule has 0 radical (unpaired) electrons. The van der Waals surface area contributed by atoms with E-state index in [0.717, 1.165) is 5.56 Å². The van der Waals surface area contributed by atoms with Crippen molar-refractivity contribution >= 4 is 51.3 Å². The molecule has 3 aromatic heterocycles. The number of carbonyl (C=O) groups is 1. The van der Waals surface area contributed by atoms with E-state index in [9.17, 15) is 4.79 Å². The summed E-state index contributed by atoms with van der Waals surface area (Å²) in [6, 6.07) is 10.8. The molecule has 0 atom stereocenters. The first kappa shape index (κ1) is 26.9. The van der Waals surface area contributed by atoms with Crippen molar-refractivity contribution in [2.75, 3.05) is 38.4 Å². The molecular weight excluding hydrogens is 532 g/mol. The van der Waals surface area contributed by atoms with Gasteiger partial charge in [-0.1, -0.05) is 17.7 Å². The molecular formula is C28H27ClN8O3. The third-order valence-corrected chi connectivity index (χ3v) is 6.36. The van der Waals surface area contributed by atoms with Crippen molar-refractivity contribution < 1.29 is 14.3 Å². The Balaban J connectivity index is 1.43. The maximum absolute atomic E-state index is 12.4. The molecule has 2 aromatic carbocycles. The summed E-state index contributed by atoms with van der Waals surface area (Å²) >= 11 is 6.77. The number of aryl methyl sites for hydroxylation is 1. The van der Waals surface area contributed by atoms with Gasteiger partial charge in [0.2, 0.25) is 5.91 Å². The lowest BCUT2D eigenvalue weighted by Gasteiger charge is -2.17. The predicted octanol–water partition coefficient (Wildman–Crippen LogP) is 5.24. The number of methoxy groups -OCH3 is 1. The van der Waals surface area contributed by atoms with Gasteiger partial charge in [0.15, 0.2) is 5.65 Å². The molecule has 0 unspecified atom stereocenters. The number of fused-ring (bicyclic) bond motifs is 2. The number of halogens is 1. The average Bonchev–Trinajstić information content (AvgIpc) is 3.39. The number of amides is 1. The quantitative estimate of drug-likeness (QED) is 0.234. The Morgan fingerprint density at radius 2 is 1.93 bits per heavy atom. The minimum Gasteiger partial charge on any atom is -0.494 e. The van der Waals surface area contributed by atoms with Gasteiger partial charge in [-0.3, -0.25) is 4.79 Å². The van der Waals surface area contributed by atoms with E-state index < -0.39 is 0 Å². The number of likely N-dealkylation sites (N-methyl/N-ethyl adjacent to an activating group) is 1. The molecule has 0 aliphatic carbocycles. The van der Waals surface area contributed by atoms with Crippen LogP contribution in [0.4, 0.5) is 17.2 Å². The molecule has 0 spiro atoms. The van der Waals surface area contributed by atoms with Crippen molar-refractivity contribution in [2.24, 2.45) is 0 Å². The van der Waals surface area contributed by atoms with Crippen LogP contribution >= 0.6 is 11.6 Å². The number of hydrogen-bond acceptors (Lipinski definition) is 9. The van der Waals surface area contributed by atoms with Gasteiger partial charge in [-0.05, 0) is 50.8 Å². The molecule has 11 nitrogen and oxygen atoms in total. The van der Waals surface area contributed by atoms with Gasteiger partial charge < -0.3 is 25.0 Å². The van der Waals surface area contributed by atoms with Crippen LogP contribution in [-0.4, -0.2) is 63.1 Å². The number of hydrogen-bond donors (Lipinski definition) is 2. The van der Waals surface area contributed by atoms with E-state index in [4.69, 9.17) is 21.1 Å². The van der Waals surface area contributed by atoms with Crippen LogP contribution < -0.4 is 20.1 Å². The minimum atomic E-state index is -0.287. The van der Waals surface area contributed by atoms with Crippen molar-refractivity contribution in [3.05, 3.63) is 78.0 Å². The Bertz CT molecular complexity index is 1730. The van der Waals surface area contributed by atoms with Gasteiger partial charge in [-0.15, -0.1) is 0 Å². The maximum atomic E-state index is 12.4. The molecule has 5 aromatic rings. The molecule has 40 heavy (non-hydrogen) atoms. The van der Waals surface area contributed by atoms with Crippen molar-refractivity contribution in [3.63, 3.8) is 0 Å². The monoisotopic (exact) mass is 558 g/mol. The second kappa shape index (κ2) is 11.6. The Morgan fingerprint density at radius 3 is 2.73 bits per heavy atom. The third kappa shape index (κ3) is 5.80. The summed E-state index contributed by atoms with van der Waals surface area (Å²) in [5, 5.41) is 11.1. The van der Waals surface area contributed by atoms with Crippen LogP contribution in [0.15, 0.2) is 67.4 Å². The topological polar surface area (TPSA) is 119 Å². The number of aromatic nitrogens is 5. The largest absolute Gasteiger partial charge is 0.494 e. The smallest absolute Gasteiger partial charge is 0.248 e. The van der Waals surface area contributed by atoms with Crippen molar-refractivity contribution in [3.8, 4) is 17.2 Å². The van der Waals surface area contributed by atoms with Gasteiger partial charge in [0.1, 0.15) is 35.7 Å². The van der Waals surface area contributed by atoms with Gasteiger partial charge in [0.05, 0.1) is 34.4 Å². The zero-order valence-electron chi connectivity index (χ0n) is 22.3. The lowest BCUT2D eigenvalue weighted by molar-refractivity contribution is -0.111. The highest BCUT2D eigenvalue weighted by Crippen LogP contribution is 2.39. The standard InChI is InChI=1S/C28H27ClN8O3/c1-17-12-21(23(39-4)14-22(17)40-18-9-11-37-24(13-18)31-16-33-37)35-28-26-19(30-15-32-28)7-8-20(27(26)29)34-25(38)6-5-10-36(2)3/h5-9,11-16H,10H2,1-4H3,(H,34,38)(H,30,32,35)/b6-5+. The van der Waals surface area contributed by atoms with Gasteiger partial charge in [-0.25, -0.2) is 19.5 Å². The predicted molar refractivity (Wildman–Crippen MR) is 155 cm³/mol. The van der Waals surface area contributed by atoms with Crippen LogP contribution in [0.25, 0.3) is 16.6 Å². The Kier molecular flexibility index (Phi) is 7.76. The number of ether oxygens (including phenoxy) is 2. The van der Waals surface area contributed by atoms with Crippen LogP contribution in [0.3, 0.4) is 0 Å². The van der Waals surface area contributed by atoms with Crippen LogP contribution in [0, 0.1) is 6.92 Å². The van der Waals surface area contributed by atoms with E-state index >= 15 is 0 Å². The van der Waals surface area contributed by atoms with E-state index in [1.54, 1.807) is 48.2 Å². The number of benzene rings is 2. The fourth-order valence-corrected chi connectivity index (χ4v) is 4.31. The molecule has 5 rings (SSSR count). The fourth-order valence-electron chi connectivity index (χ4n) is 4.01. The molecule has 1 amide bonds. The van der Waals surface area contributed by atoms with Gasteiger partial charge >= 0.3 is 0 Å². The van der Waals surface area contributed by atoms with Crippen LogP contribution in [0.2, 0.25) is 5.02 Å². The first-order chi connectivity index (χ1) is 19.3. The summed E-state index contributed by atoms with van der Waals surface area (Å²) < 4.78 is 13.5. The number of anilines is 3. The number of nitrogens with one attached hydrogen (secondary N) is 2. The van der Waals surface area contributed by atoms with Gasteiger partial charge in [-0.2, -0.15) is 5.10 Å². The number of rotatable bonds is 9. The molecule has 0 fully saturated rings. The summed E-state index contributed by atoms with van der Waals surface area (Å²) in [5.74, 6) is 1.93. The van der Waals surface area contributed by atoms with Crippen LogP contribution in [-0.2, 0) is 4.79 Å². The van der Waals surface area contributed by atoms with Crippen LogP contribution in [0.1, 0.15) is 5.56 Å². The Morgan fingerprint density at radius 1 is 1.07 bits per heavy atom. The summed E-state index contributed by atoms with van der Waals surface area (Å²) in [6.45, 7) is 2.57. The highest BCUT2D eigenvalue weighted by Gasteiger charge is 2.16. The summed E-state index contributed by atoms with van der Waals surface area (Å²) in [5.41, 5.74) is 3.24. The van der Waals surface area contributed by atoms with E-state index in [2.05, 4.69) is 30.7 Å². The zero-order chi connectivity index (χ0) is 28.2. The van der Waals surface area contributed by atoms with Crippen molar-refractivity contribution in [1.29, 1.82) is 0 Å². The molecule has 3 heterocycles. The molecule has 0 bridgehead atoms. The number of pyridine rings is 1. The van der Waals surface area contributed by atoms with E-state index in [1.807, 2.05) is 38.1 Å². The fraction of sp³-hybridized carbons (Fsp3) is 0.179. The first-order valence-corrected chi connectivity index (χ1v) is 12.7. The molecule has 2 N–H and O–H groups in total. The first-order valence-electron chi connectivity index (χ1n) is 12.3. The molecule has 12 heteroatoms. The van der Waals surface area contributed by atoms with E-state index in [1.165, 1.54) is 18.7 Å². The highest BCUT2D eigenvalue weighted by molar-refractivity contribution is 6.39. The van der Waals surface area contributed by atoms with Crippen molar-refractivity contribution in [1.82, 2.24) is 29.5 Å². The Labute approximate surface area is 235 Å². The molecule has 0 aliphatic heterocycles. The second-order valence-corrected chi connectivity index (χ2v) is 9.55. The molecule has 0 saturated carbocycles. The summed E-state index contributed by atoms with van der Waals surface area (Å²) in [7, 11) is 5.42. The molecule has 0 saturated heterocycles. The van der Waals surface area contributed by atoms with Crippen molar-refractivity contribution in [2.45, 2.75) is 6.92 Å². The SMILES string of the molecule is COc1cc(Oc2ccn3ncnc3c2)c(C)cc1Nc1ncnc2ccc(NC(=O)/C=C/CN(C)C)c(Cl)c12. The van der Waals surface area contributed by atoms with Gasteiger partial charge in [0, 0.05) is 31.0 Å². The maximum Gasteiger partial charge on any atom is 0.248 e. The molecule has 0 aliphatic rings. The normalized spacial score (nSPS) is 11.4. The molecule has 204 valence electrons. The number of carbonyl (C=O) groups excluding carboxylic acids is 1. The van der Waals surface area contributed by atoms with E-state index in [-0.39, 0.29) is 5.91 Å². The Hall–Kier alpha value is -4.74. The van der Waals surface area contributed by atoms with Gasteiger partial charge in [0.25, 0.3) is 0 Å². The third-order valence-electron chi connectivity index (χ3n) is 5.97. The number of nitrogens with zero attached hydrogens (tertiary/aromatic N) is 6. The highest BCUT2D eigenvalue weighted by atomic mass is 35.5. The lowest BCUT2D eigenvalue weighted by atomic mass is 10.1. The lowest BCUT2D eigenvalue weighted by Crippen LogP contribution is -2.13. The zero-order valence-corrected chi connectivity index (χ0v) is 23.1. The second-order valence-electron chi connectivity index (χ2n) is 9.17. The average molecular weight is 559 g/mol. The van der Waals surface area contributed by atoms with E-state index in [0.29, 0.717) is 62.6 Å². The minimum absolute atomic E-state index is 0.287. The van der Waals surface area contributed by atoms with Crippen LogP contribution in [0.5, 0.6) is 17.2 Å². The summed E-state index contributed by atoms with van der Waals surface area (Å²) in [4.78, 5) is 27.4.